The zero-order valence-corrected chi connectivity index (χ0v) is 12.9. The first kappa shape index (κ1) is 15.6. The lowest BCUT2D eigenvalue weighted by Gasteiger charge is -2.31. The molecule has 2 rings (SSSR count). The second kappa shape index (κ2) is 7.26. The molecule has 1 saturated heterocycles. The summed E-state index contributed by atoms with van der Waals surface area (Å²) in [5.41, 5.74) is 5.64. The molecular formula is C15H20N2O3S. The molecule has 1 aliphatic heterocycles. The first-order chi connectivity index (χ1) is 10.1. The summed E-state index contributed by atoms with van der Waals surface area (Å²) >= 11 is 5.00. The van der Waals surface area contributed by atoms with Crippen LogP contribution < -0.4 is 15.2 Å². The van der Waals surface area contributed by atoms with Crippen molar-refractivity contribution in [3.05, 3.63) is 24.3 Å². The molecule has 1 aliphatic rings. The lowest BCUT2D eigenvalue weighted by molar-refractivity contribution is -0.134. The molecule has 0 bridgehead atoms. The van der Waals surface area contributed by atoms with Crippen LogP contribution in [0, 0.1) is 5.92 Å². The van der Waals surface area contributed by atoms with Crippen LogP contribution in [-0.2, 0) is 4.79 Å². The number of ether oxygens (including phenoxy) is 2. The Kier molecular flexibility index (Phi) is 5.38. The molecule has 0 unspecified atom stereocenters. The van der Waals surface area contributed by atoms with Crippen LogP contribution in [0.2, 0.25) is 0 Å². The molecule has 1 fully saturated rings. The summed E-state index contributed by atoms with van der Waals surface area (Å²) in [5.74, 6) is 1.42. The number of thiocarbonyl (C=S) groups is 1. The molecule has 0 aliphatic carbocycles. The van der Waals surface area contributed by atoms with Crippen molar-refractivity contribution >= 4 is 23.1 Å². The van der Waals surface area contributed by atoms with E-state index < -0.39 is 0 Å². The van der Waals surface area contributed by atoms with E-state index in [0.717, 1.165) is 12.8 Å². The number of methoxy groups -OCH3 is 1. The molecule has 0 radical (unpaired) electrons. The molecule has 21 heavy (non-hydrogen) atoms. The van der Waals surface area contributed by atoms with E-state index in [9.17, 15) is 4.79 Å². The first-order valence-electron chi connectivity index (χ1n) is 6.94. The molecular weight excluding hydrogens is 288 g/mol. The minimum atomic E-state index is -0.0257. The third-order valence-corrected chi connectivity index (χ3v) is 4.00. The lowest BCUT2D eigenvalue weighted by atomic mass is 9.97. The largest absolute Gasteiger partial charge is 0.493 e. The van der Waals surface area contributed by atoms with Gasteiger partial charge in [0.1, 0.15) is 0 Å². The maximum atomic E-state index is 12.1. The summed E-state index contributed by atoms with van der Waals surface area (Å²) in [6.45, 7) is 1.37. The third kappa shape index (κ3) is 4.07. The highest BCUT2D eigenvalue weighted by Gasteiger charge is 2.24. The fraction of sp³-hybridized carbons (Fsp3) is 0.467. The second-order valence-corrected chi connectivity index (χ2v) is 5.47. The SMILES string of the molecule is COc1ccccc1OCC(=O)N1CCC(C(N)=S)CC1. The number of hydrogen-bond acceptors (Lipinski definition) is 4. The number of carbonyl (C=O) groups excluding carboxylic acids is 1. The summed E-state index contributed by atoms with van der Waals surface area (Å²) in [6, 6.07) is 7.28. The molecule has 2 N–H and O–H groups in total. The summed E-state index contributed by atoms with van der Waals surface area (Å²) in [5, 5.41) is 0. The number of piperidine rings is 1. The van der Waals surface area contributed by atoms with Gasteiger partial charge in [0.25, 0.3) is 5.91 Å². The van der Waals surface area contributed by atoms with Crippen molar-refractivity contribution in [1.29, 1.82) is 0 Å². The van der Waals surface area contributed by atoms with Crippen molar-refractivity contribution < 1.29 is 14.3 Å². The number of nitrogens with zero attached hydrogens (tertiary/aromatic N) is 1. The molecule has 1 aromatic carbocycles. The Hall–Kier alpha value is -1.82. The third-order valence-electron chi connectivity index (χ3n) is 3.67. The van der Waals surface area contributed by atoms with Crippen LogP contribution in [0.3, 0.4) is 0 Å². The summed E-state index contributed by atoms with van der Waals surface area (Å²) in [6.07, 6.45) is 1.66. The van der Waals surface area contributed by atoms with Crippen molar-refractivity contribution in [2.24, 2.45) is 11.7 Å². The minimum Gasteiger partial charge on any atom is -0.493 e. The fourth-order valence-electron chi connectivity index (χ4n) is 2.38. The number of likely N-dealkylation sites (tertiary alicyclic amines) is 1. The molecule has 0 atom stereocenters. The molecule has 0 saturated carbocycles. The Morgan fingerprint density at radius 2 is 1.95 bits per heavy atom. The van der Waals surface area contributed by atoms with Crippen LogP contribution >= 0.6 is 12.2 Å². The molecule has 5 nitrogen and oxygen atoms in total. The van der Waals surface area contributed by atoms with E-state index in [2.05, 4.69) is 0 Å². The number of rotatable bonds is 5. The molecule has 0 spiro atoms. The number of hydrogen-bond donors (Lipinski definition) is 1. The van der Waals surface area contributed by atoms with Gasteiger partial charge >= 0.3 is 0 Å². The monoisotopic (exact) mass is 308 g/mol. The number of amides is 1. The van der Waals surface area contributed by atoms with Gasteiger partial charge in [-0.05, 0) is 25.0 Å². The van der Waals surface area contributed by atoms with Crippen molar-refractivity contribution in [2.45, 2.75) is 12.8 Å². The Bertz CT molecular complexity index is 513. The van der Waals surface area contributed by atoms with Gasteiger partial charge in [-0.2, -0.15) is 0 Å². The van der Waals surface area contributed by atoms with Crippen LogP contribution in [0.15, 0.2) is 24.3 Å². The van der Waals surface area contributed by atoms with Gasteiger partial charge in [0.15, 0.2) is 18.1 Å². The maximum Gasteiger partial charge on any atom is 0.260 e. The van der Waals surface area contributed by atoms with Gasteiger partial charge in [0.2, 0.25) is 0 Å². The Labute approximate surface area is 130 Å². The smallest absolute Gasteiger partial charge is 0.260 e. The highest BCUT2D eigenvalue weighted by Crippen LogP contribution is 2.26. The first-order valence-corrected chi connectivity index (χ1v) is 7.35. The molecule has 1 heterocycles. The van der Waals surface area contributed by atoms with E-state index in [1.165, 1.54) is 0 Å². The lowest BCUT2D eigenvalue weighted by Crippen LogP contribution is -2.43. The van der Waals surface area contributed by atoms with Gasteiger partial charge in [-0.3, -0.25) is 4.79 Å². The van der Waals surface area contributed by atoms with E-state index in [0.29, 0.717) is 29.6 Å². The van der Waals surface area contributed by atoms with Gasteiger partial charge in [-0.25, -0.2) is 0 Å². The van der Waals surface area contributed by atoms with E-state index in [4.69, 9.17) is 27.4 Å². The highest BCUT2D eigenvalue weighted by atomic mass is 32.1. The van der Waals surface area contributed by atoms with E-state index in [-0.39, 0.29) is 18.4 Å². The summed E-state index contributed by atoms with van der Waals surface area (Å²) in [4.78, 5) is 14.5. The topological polar surface area (TPSA) is 64.8 Å². The standard InChI is InChI=1S/C15H20N2O3S/c1-19-12-4-2-3-5-13(12)20-10-14(18)17-8-6-11(7-9-17)15(16)21/h2-5,11H,6-10H2,1H3,(H2,16,21). The average Bonchev–Trinajstić information content (AvgIpc) is 2.52. The Balaban J connectivity index is 1.84. The van der Waals surface area contributed by atoms with Crippen LogP contribution in [0.25, 0.3) is 0 Å². The normalized spacial score (nSPS) is 15.6. The zero-order chi connectivity index (χ0) is 15.2. The van der Waals surface area contributed by atoms with E-state index in [1.807, 2.05) is 12.1 Å². The van der Waals surface area contributed by atoms with Gasteiger partial charge in [0.05, 0.1) is 12.1 Å². The predicted molar refractivity (Wildman–Crippen MR) is 84.6 cm³/mol. The predicted octanol–water partition coefficient (Wildman–Crippen LogP) is 1.60. The van der Waals surface area contributed by atoms with Crippen LogP contribution in [0.5, 0.6) is 11.5 Å². The summed E-state index contributed by atoms with van der Waals surface area (Å²) in [7, 11) is 1.57. The molecule has 1 amide bonds. The summed E-state index contributed by atoms with van der Waals surface area (Å²) < 4.78 is 10.7. The Morgan fingerprint density at radius 3 is 2.52 bits per heavy atom. The van der Waals surface area contributed by atoms with Crippen molar-refractivity contribution in [3.63, 3.8) is 0 Å². The number of para-hydroxylation sites is 2. The molecule has 1 aromatic rings. The number of nitrogens with two attached hydrogens (primary N) is 1. The molecule has 0 aromatic heterocycles. The van der Waals surface area contributed by atoms with Gasteiger partial charge in [-0.1, -0.05) is 24.4 Å². The van der Waals surface area contributed by atoms with Crippen LogP contribution in [0.1, 0.15) is 12.8 Å². The molecule has 114 valence electrons. The highest BCUT2D eigenvalue weighted by molar-refractivity contribution is 7.80. The second-order valence-electron chi connectivity index (χ2n) is 5.00. The van der Waals surface area contributed by atoms with Gasteiger partial charge < -0.3 is 20.1 Å². The molecule has 6 heteroatoms. The Morgan fingerprint density at radius 1 is 1.33 bits per heavy atom. The van der Waals surface area contributed by atoms with E-state index in [1.54, 1.807) is 24.1 Å². The zero-order valence-electron chi connectivity index (χ0n) is 12.1. The number of benzene rings is 1. The van der Waals surface area contributed by atoms with Crippen molar-refractivity contribution in [1.82, 2.24) is 4.90 Å². The van der Waals surface area contributed by atoms with Crippen LogP contribution in [0.4, 0.5) is 0 Å². The van der Waals surface area contributed by atoms with E-state index >= 15 is 0 Å². The van der Waals surface area contributed by atoms with Crippen LogP contribution in [-0.4, -0.2) is 42.6 Å². The number of carbonyl (C=O) groups is 1. The maximum absolute atomic E-state index is 12.1. The van der Waals surface area contributed by atoms with Crippen molar-refractivity contribution in [3.8, 4) is 11.5 Å². The quantitative estimate of drug-likeness (QED) is 0.837. The average molecular weight is 308 g/mol. The fourth-order valence-corrected chi connectivity index (χ4v) is 2.62. The van der Waals surface area contributed by atoms with Gasteiger partial charge in [-0.15, -0.1) is 0 Å². The minimum absolute atomic E-state index is 0.0120. The van der Waals surface area contributed by atoms with Gasteiger partial charge in [0, 0.05) is 19.0 Å². The van der Waals surface area contributed by atoms with Crippen molar-refractivity contribution in [2.75, 3.05) is 26.8 Å².